The minimum absolute atomic E-state index is 0.555. The first-order valence-electron chi connectivity index (χ1n) is 7.79. The number of carboxylic acid groups (broad SMARTS) is 1. The number of carboxylic acids is 1. The maximum atomic E-state index is 11.8. The second-order valence-electron chi connectivity index (χ2n) is 5.95. The summed E-state index contributed by atoms with van der Waals surface area (Å²) < 4.78 is 4.13. The van der Waals surface area contributed by atoms with Gasteiger partial charge in [-0.2, -0.15) is 0 Å². The Kier molecular flexibility index (Phi) is 5.05. The van der Waals surface area contributed by atoms with Crippen molar-refractivity contribution in [3.63, 3.8) is 0 Å². The number of aryl methyl sites for hydroxylation is 1. The van der Waals surface area contributed by atoms with Crippen LogP contribution in [-0.2, 0) is 11.3 Å². The molecule has 1 fully saturated rings. The SMILES string of the molecule is Cc1cccc(C(C(=O)O)N2CCN(Cc3ccns3)CC2)c1. The van der Waals surface area contributed by atoms with Crippen LogP contribution in [0.1, 0.15) is 22.0 Å². The summed E-state index contributed by atoms with van der Waals surface area (Å²) in [7, 11) is 0. The molecule has 2 heterocycles. The molecule has 0 saturated carbocycles. The van der Waals surface area contributed by atoms with Crippen LogP contribution in [0.15, 0.2) is 36.5 Å². The fraction of sp³-hybridized carbons (Fsp3) is 0.412. The first kappa shape index (κ1) is 16.1. The van der Waals surface area contributed by atoms with Crippen LogP contribution in [0, 0.1) is 6.92 Å². The van der Waals surface area contributed by atoms with Gasteiger partial charge in [0.05, 0.1) is 0 Å². The van der Waals surface area contributed by atoms with Crippen LogP contribution in [-0.4, -0.2) is 51.4 Å². The van der Waals surface area contributed by atoms with E-state index in [1.165, 1.54) is 16.4 Å². The average Bonchev–Trinajstić information content (AvgIpc) is 3.02. The molecule has 1 aromatic heterocycles. The zero-order valence-corrected chi connectivity index (χ0v) is 14.0. The number of benzene rings is 1. The number of aliphatic carboxylic acids is 1. The van der Waals surface area contributed by atoms with E-state index in [9.17, 15) is 9.90 Å². The lowest BCUT2D eigenvalue weighted by Crippen LogP contribution is -2.48. The highest BCUT2D eigenvalue weighted by molar-refractivity contribution is 7.05. The van der Waals surface area contributed by atoms with Gasteiger partial charge >= 0.3 is 5.97 Å². The normalized spacial score (nSPS) is 18.0. The molecule has 2 aromatic rings. The molecular weight excluding hydrogens is 310 g/mol. The molecule has 122 valence electrons. The van der Waals surface area contributed by atoms with Gasteiger partial charge in [0.1, 0.15) is 6.04 Å². The van der Waals surface area contributed by atoms with Crippen LogP contribution < -0.4 is 0 Å². The molecule has 0 radical (unpaired) electrons. The maximum Gasteiger partial charge on any atom is 0.325 e. The molecule has 1 aliphatic heterocycles. The standard InChI is InChI=1S/C17H21N3O2S/c1-13-3-2-4-14(11-13)16(17(21)22)20-9-7-19(8-10-20)12-15-5-6-18-23-15/h2-6,11,16H,7-10,12H2,1H3,(H,21,22). The summed E-state index contributed by atoms with van der Waals surface area (Å²) in [6.45, 7) is 6.20. The molecule has 1 aliphatic rings. The van der Waals surface area contributed by atoms with E-state index >= 15 is 0 Å². The van der Waals surface area contributed by atoms with Crippen LogP contribution in [0.3, 0.4) is 0 Å². The predicted molar refractivity (Wildman–Crippen MR) is 90.5 cm³/mol. The lowest BCUT2D eigenvalue weighted by atomic mass is 10.0. The number of carbonyl (C=O) groups is 1. The second-order valence-corrected chi connectivity index (χ2v) is 6.86. The summed E-state index contributed by atoms with van der Waals surface area (Å²) in [5, 5.41) is 9.68. The Balaban J connectivity index is 1.65. The van der Waals surface area contributed by atoms with E-state index in [0.717, 1.165) is 43.9 Å². The molecule has 1 aromatic carbocycles. The van der Waals surface area contributed by atoms with Gasteiger partial charge in [-0.3, -0.25) is 14.6 Å². The topological polar surface area (TPSA) is 56.7 Å². The van der Waals surface area contributed by atoms with Crippen molar-refractivity contribution in [3.8, 4) is 0 Å². The van der Waals surface area contributed by atoms with Gasteiger partial charge < -0.3 is 5.11 Å². The molecule has 1 unspecified atom stereocenters. The van der Waals surface area contributed by atoms with E-state index in [1.807, 2.05) is 43.5 Å². The van der Waals surface area contributed by atoms with Gasteiger partial charge in [0.25, 0.3) is 0 Å². The number of aromatic nitrogens is 1. The van der Waals surface area contributed by atoms with Crippen LogP contribution in [0.5, 0.6) is 0 Å². The Bertz CT molecular complexity index is 652. The van der Waals surface area contributed by atoms with Crippen LogP contribution in [0.2, 0.25) is 0 Å². The zero-order valence-electron chi connectivity index (χ0n) is 13.2. The summed E-state index contributed by atoms with van der Waals surface area (Å²) in [4.78, 5) is 17.5. The minimum atomic E-state index is -0.772. The van der Waals surface area contributed by atoms with Gasteiger partial charge in [0.2, 0.25) is 0 Å². The molecule has 23 heavy (non-hydrogen) atoms. The number of rotatable bonds is 5. The van der Waals surface area contributed by atoms with Crippen molar-refractivity contribution in [3.05, 3.63) is 52.5 Å². The third-order valence-corrected chi connectivity index (χ3v) is 4.96. The molecule has 1 N–H and O–H groups in total. The summed E-state index contributed by atoms with van der Waals surface area (Å²) >= 11 is 1.53. The first-order chi connectivity index (χ1) is 11.1. The zero-order chi connectivity index (χ0) is 16.2. The Labute approximate surface area is 140 Å². The van der Waals surface area contributed by atoms with Crippen LogP contribution >= 0.6 is 11.5 Å². The third kappa shape index (κ3) is 3.96. The number of piperazine rings is 1. The highest BCUT2D eigenvalue weighted by Gasteiger charge is 2.30. The quantitative estimate of drug-likeness (QED) is 0.912. The summed E-state index contributed by atoms with van der Waals surface area (Å²) in [6.07, 6.45) is 1.83. The number of hydrogen-bond donors (Lipinski definition) is 1. The predicted octanol–water partition coefficient (Wildman–Crippen LogP) is 2.40. The van der Waals surface area contributed by atoms with E-state index in [1.54, 1.807) is 0 Å². The van der Waals surface area contributed by atoms with E-state index in [-0.39, 0.29) is 0 Å². The molecule has 0 spiro atoms. The third-order valence-electron chi connectivity index (χ3n) is 4.23. The number of nitrogens with zero attached hydrogens (tertiary/aromatic N) is 3. The Hall–Kier alpha value is -1.76. The van der Waals surface area contributed by atoms with E-state index in [2.05, 4.69) is 14.2 Å². The fourth-order valence-electron chi connectivity index (χ4n) is 3.07. The molecule has 0 amide bonds. The number of hydrogen-bond acceptors (Lipinski definition) is 5. The molecule has 0 aliphatic carbocycles. The maximum absolute atomic E-state index is 11.8. The van der Waals surface area contributed by atoms with Crippen molar-refractivity contribution in [1.29, 1.82) is 0 Å². The fourth-order valence-corrected chi connectivity index (χ4v) is 3.69. The van der Waals surface area contributed by atoms with Crippen molar-refractivity contribution >= 4 is 17.5 Å². The minimum Gasteiger partial charge on any atom is -0.480 e. The van der Waals surface area contributed by atoms with E-state index in [4.69, 9.17) is 0 Å². The highest BCUT2D eigenvalue weighted by Crippen LogP contribution is 2.24. The molecule has 1 saturated heterocycles. The van der Waals surface area contributed by atoms with Crippen molar-refractivity contribution in [2.75, 3.05) is 26.2 Å². The smallest absolute Gasteiger partial charge is 0.325 e. The van der Waals surface area contributed by atoms with Gasteiger partial charge in [-0.15, -0.1) is 0 Å². The Morgan fingerprint density at radius 1 is 1.30 bits per heavy atom. The Morgan fingerprint density at radius 3 is 2.70 bits per heavy atom. The van der Waals surface area contributed by atoms with Crippen molar-refractivity contribution in [1.82, 2.24) is 14.2 Å². The summed E-state index contributed by atoms with van der Waals surface area (Å²) in [5.41, 5.74) is 1.96. The van der Waals surface area contributed by atoms with Crippen molar-refractivity contribution < 1.29 is 9.90 Å². The van der Waals surface area contributed by atoms with E-state index < -0.39 is 12.0 Å². The molecule has 1 atom stereocenters. The highest BCUT2D eigenvalue weighted by atomic mass is 32.1. The summed E-state index contributed by atoms with van der Waals surface area (Å²) in [5.74, 6) is -0.772. The van der Waals surface area contributed by atoms with Gasteiger partial charge in [-0.25, -0.2) is 4.37 Å². The van der Waals surface area contributed by atoms with Gasteiger partial charge in [0, 0.05) is 43.8 Å². The molecule has 5 nitrogen and oxygen atoms in total. The van der Waals surface area contributed by atoms with Crippen LogP contribution in [0.4, 0.5) is 0 Å². The first-order valence-corrected chi connectivity index (χ1v) is 8.56. The molecule has 3 rings (SSSR count). The van der Waals surface area contributed by atoms with Gasteiger partial charge in [0.15, 0.2) is 0 Å². The Morgan fingerprint density at radius 2 is 2.09 bits per heavy atom. The second kappa shape index (κ2) is 7.21. The molecule has 6 heteroatoms. The average molecular weight is 331 g/mol. The van der Waals surface area contributed by atoms with Crippen LogP contribution in [0.25, 0.3) is 0 Å². The lowest BCUT2D eigenvalue weighted by molar-refractivity contribution is -0.144. The monoisotopic (exact) mass is 331 g/mol. The summed E-state index contributed by atoms with van der Waals surface area (Å²) in [6, 6.07) is 9.30. The largest absolute Gasteiger partial charge is 0.480 e. The molecule has 0 bridgehead atoms. The van der Waals surface area contributed by atoms with Gasteiger partial charge in [-0.1, -0.05) is 29.8 Å². The van der Waals surface area contributed by atoms with Gasteiger partial charge in [-0.05, 0) is 30.1 Å². The van der Waals surface area contributed by atoms with E-state index in [0.29, 0.717) is 0 Å². The van der Waals surface area contributed by atoms with Crippen molar-refractivity contribution in [2.24, 2.45) is 0 Å². The molecular formula is C17H21N3O2S. The lowest BCUT2D eigenvalue weighted by Gasteiger charge is -2.37. The van der Waals surface area contributed by atoms with Crippen molar-refractivity contribution in [2.45, 2.75) is 19.5 Å².